The van der Waals surface area contributed by atoms with Gasteiger partial charge in [-0.2, -0.15) is 5.26 Å². The number of nitrogens with one attached hydrogen (secondary N) is 3. The van der Waals surface area contributed by atoms with E-state index in [1.54, 1.807) is 42.5 Å². The predicted molar refractivity (Wildman–Crippen MR) is 166 cm³/mol. The number of fused-ring (bicyclic) bond motifs is 1. The lowest BCUT2D eigenvalue weighted by Gasteiger charge is -2.28. The highest BCUT2D eigenvalue weighted by atomic mass is 32.2. The highest BCUT2D eigenvalue weighted by Crippen LogP contribution is 2.44. The molecule has 14 heteroatoms. The summed E-state index contributed by atoms with van der Waals surface area (Å²) in [6.45, 7) is 2.38. The Balaban J connectivity index is 1.58. The van der Waals surface area contributed by atoms with Crippen molar-refractivity contribution in [3.05, 3.63) is 84.3 Å². The van der Waals surface area contributed by atoms with Gasteiger partial charge in [0.25, 0.3) is 10.0 Å². The van der Waals surface area contributed by atoms with E-state index in [9.17, 15) is 18.5 Å². The maximum atomic E-state index is 13.8. The fourth-order valence-corrected chi connectivity index (χ4v) is 6.16. The molecule has 230 valence electrons. The fraction of sp³-hybridized carbons (Fsp3) is 0.258. The zero-order valence-corrected chi connectivity index (χ0v) is 25.0. The van der Waals surface area contributed by atoms with Gasteiger partial charge in [0.1, 0.15) is 23.6 Å². The number of hydrogen-bond acceptors (Lipinski definition) is 11. The summed E-state index contributed by atoms with van der Waals surface area (Å²) in [4.78, 5) is 29.4. The van der Waals surface area contributed by atoms with Crippen LogP contribution in [0.4, 0.5) is 17.3 Å². The molecule has 2 aromatic carbocycles. The van der Waals surface area contributed by atoms with Gasteiger partial charge in [0.2, 0.25) is 11.9 Å². The molecule has 0 radical (unpaired) electrons. The van der Waals surface area contributed by atoms with E-state index in [0.717, 1.165) is 31.5 Å². The molecule has 4 aromatic rings. The third kappa shape index (κ3) is 6.92. The van der Waals surface area contributed by atoms with Crippen molar-refractivity contribution in [3.8, 4) is 11.8 Å². The number of nitriles is 1. The lowest BCUT2D eigenvalue weighted by Crippen LogP contribution is -2.40. The zero-order valence-electron chi connectivity index (χ0n) is 24.1. The molecular formula is C31H30N8O5S. The Morgan fingerprint density at radius 3 is 2.60 bits per heavy atom. The van der Waals surface area contributed by atoms with Crippen molar-refractivity contribution >= 4 is 44.2 Å². The molecule has 2 aromatic heterocycles. The van der Waals surface area contributed by atoms with Crippen molar-refractivity contribution in [2.75, 3.05) is 36.6 Å². The third-order valence-corrected chi connectivity index (χ3v) is 8.62. The minimum atomic E-state index is -4.23. The Hall–Kier alpha value is -4.94. The fourth-order valence-electron chi connectivity index (χ4n) is 5.12. The summed E-state index contributed by atoms with van der Waals surface area (Å²) in [7, 11) is -4.23. The van der Waals surface area contributed by atoms with E-state index in [1.807, 2.05) is 0 Å². The second kappa shape index (κ2) is 13.4. The Kier molecular flexibility index (Phi) is 8.94. The molecule has 13 nitrogen and oxygen atoms in total. The monoisotopic (exact) mass is 626 g/mol. The lowest BCUT2D eigenvalue weighted by atomic mass is 10.0. The zero-order chi connectivity index (χ0) is 31.2. The van der Waals surface area contributed by atoms with E-state index in [2.05, 4.69) is 36.5 Å². The third-order valence-electron chi connectivity index (χ3n) is 7.31. The van der Waals surface area contributed by atoms with E-state index in [1.165, 1.54) is 35.7 Å². The molecule has 0 saturated carbocycles. The Bertz CT molecular complexity index is 1870. The van der Waals surface area contributed by atoms with Gasteiger partial charge in [0.05, 0.1) is 34.9 Å². The van der Waals surface area contributed by atoms with Crippen LogP contribution in [0.15, 0.2) is 83.7 Å². The Morgan fingerprint density at radius 2 is 1.89 bits per heavy atom. The molecule has 1 atom stereocenters. The first-order chi connectivity index (χ1) is 21.9. The second-order valence-corrected chi connectivity index (χ2v) is 12.1. The van der Waals surface area contributed by atoms with Crippen LogP contribution in [0.1, 0.15) is 24.8 Å². The minimum Gasteiger partial charge on any atom is -0.486 e. The number of anilines is 3. The minimum absolute atomic E-state index is 0.0113. The summed E-state index contributed by atoms with van der Waals surface area (Å²) in [6, 6.07) is 14.7. The van der Waals surface area contributed by atoms with Gasteiger partial charge in [0, 0.05) is 42.5 Å². The van der Waals surface area contributed by atoms with Crippen LogP contribution >= 0.6 is 0 Å². The largest absolute Gasteiger partial charge is 0.486 e. The highest BCUT2D eigenvalue weighted by Gasteiger charge is 2.30. The van der Waals surface area contributed by atoms with E-state index < -0.39 is 15.9 Å². The number of hydrogen-bond donors (Lipinski definition) is 3. The summed E-state index contributed by atoms with van der Waals surface area (Å²) in [5.41, 5.74) is 1.84. The van der Waals surface area contributed by atoms with Gasteiger partial charge >= 0.3 is 0 Å². The van der Waals surface area contributed by atoms with Gasteiger partial charge in [-0.15, -0.1) is 4.83 Å². The van der Waals surface area contributed by atoms with Crippen LogP contribution in [0.2, 0.25) is 0 Å². The summed E-state index contributed by atoms with van der Waals surface area (Å²) in [5.74, 6) is -0.236. The van der Waals surface area contributed by atoms with Crippen LogP contribution in [0.3, 0.4) is 0 Å². The number of hydrazine groups is 1. The molecule has 1 amide bonds. The predicted octanol–water partition coefficient (Wildman–Crippen LogP) is 3.34. The summed E-state index contributed by atoms with van der Waals surface area (Å²) in [5, 5.41) is 17.5. The molecular weight excluding hydrogens is 596 g/mol. The SMILES string of the molecule is N#Cc1cnc2cc(OC3CCOC3)c(NC(=O)C=C3CCNCC3)c(N(NS(=O)(=O)c3ccccc3)c3ncccn3)c2c1. The van der Waals surface area contributed by atoms with Gasteiger partial charge in [0.15, 0.2) is 0 Å². The first kappa shape index (κ1) is 30.1. The van der Waals surface area contributed by atoms with E-state index in [4.69, 9.17) is 9.47 Å². The molecule has 2 saturated heterocycles. The second-order valence-electron chi connectivity index (χ2n) is 10.4. The molecule has 2 aliphatic rings. The lowest BCUT2D eigenvalue weighted by molar-refractivity contribution is -0.112. The van der Waals surface area contributed by atoms with Gasteiger partial charge in [-0.05, 0) is 50.2 Å². The topological polar surface area (TPSA) is 171 Å². The van der Waals surface area contributed by atoms with Crippen LogP contribution < -0.4 is 25.2 Å². The average molecular weight is 627 g/mol. The smallest absolute Gasteiger partial charge is 0.257 e. The molecule has 2 fully saturated rings. The first-order valence-corrected chi connectivity index (χ1v) is 15.9. The number of sulfonamides is 1. The van der Waals surface area contributed by atoms with Gasteiger partial charge < -0.3 is 20.1 Å². The summed E-state index contributed by atoms with van der Waals surface area (Å²) in [6.07, 6.45) is 7.62. The van der Waals surface area contributed by atoms with Crippen LogP contribution in [0.5, 0.6) is 5.75 Å². The van der Waals surface area contributed by atoms with Gasteiger partial charge in [-0.1, -0.05) is 23.8 Å². The van der Waals surface area contributed by atoms with Gasteiger partial charge in [-0.25, -0.2) is 23.4 Å². The number of carbonyl (C=O) groups is 1. The summed E-state index contributed by atoms with van der Waals surface area (Å²) < 4.78 is 39.5. The number of aromatic nitrogens is 3. The van der Waals surface area contributed by atoms with Crippen molar-refractivity contribution in [1.82, 2.24) is 25.1 Å². The normalized spacial score (nSPS) is 16.6. The molecule has 2 aliphatic heterocycles. The van der Waals surface area contributed by atoms with Crippen molar-refractivity contribution in [2.45, 2.75) is 30.3 Å². The number of amides is 1. The molecule has 4 heterocycles. The van der Waals surface area contributed by atoms with Crippen molar-refractivity contribution in [2.24, 2.45) is 0 Å². The average Bonchev–Trinajstić information content (AvgIpc) is 3.58. The van der Waals surface area contributed by atoms with Gasteiger partial charge in [-0.3, -0.25) is 9.78 Å². The molecule has 0 spiro atoms. The number of pyridine rings is 1. The molecule has 45 heavy (non-hydrogen) atoms. The van der Waals surface area contributed by atoms with E-state index in [0.29, 0.717) is 30.5 Å². The maximum Gasteiger partial charge on any atom is 0.257 e. The van der Waals surface area contributed by atoms with Crippen LogP contribution in [0.25, 0.3) is 10.9 Å². The van der Waals surface area contributed by atoms with Crippen molar-refractivity contribution < 1.29 is 22.7 Å². The van der Waals surface area contributed by atoms with Crippen molar-refractivity contribution in [1.29, 1.82) is 5.26 Å². The van der Waals surface area contributed by atoms with Crippen LogP contribution in [0, 0.1) is 11.3 Å². The molecule has 0 aliphatic carbocycles. The number of benzene rings is 2. The number of carbonyl (C=O) groups excluding carboxylic acids is 1. The van der Waals surface area contributed by atoms with Crippen LogP contribution in [-0.2, 0) is 19.6 Å². The highest BCUT2D eigenvalue weighted by molar-refractivity contribution is 7.89. The molecule has 0 bridgehead atoms. The van der Waals surface area contributed by atoms with Crippen molar-refractivity contribution in [3.63, 3.8) is 0 Å². The number of piperidine rings is 1. The maximum absolute atomic E-state index is 13.8. The standard InChI is InChI=1S/C31H30N8O5S/c32-18-22-15-25-26(36-19-22)17-27(44-23-9-14-43-20-23)29(37-28(40)16-21-7-12-33-13-8-21)30(25)39(31-34-10-4-11-35-31)38-45(41,42)24-5-2-1-3-6-24/h1-6,10-11,15-17,19,23,33,38H,7-9,12-14,20H2,(H,37,40). The van der Waals surface area contributed by atoms with E-state index >= 15 is 0 Å². The molecule has 3 N–H and O–H groups in total. The Morgan fingerprint density at radius 1 is 1.11 bits per heavy atom. The summed E-state index contributed by atoms with van der Waals surface area (Å²) >= 11 is 0. The van der Waals surface area contributed by atoms with Crippen LogP contribution in [-0.4, -0.2) is 61.7 Å². The first-order valence-electron chi connectivity index (χ1n) is 14.4. The number of nitrogens with zero attached hydrogens (tertiary/aromatic N) is 5. The number of rotatable bonds is 9. The molecule has 1 unspecified atom stereocenters. The van der Waals surface area contributed by atoms with E-state index in [-0.39, 0.29) is 39.6 Å². The Labute approximate surface area is 259 Å². The molecule has 6 rings (SSSR count). The quantitative estimate of drug-likeness (QED) is 0.184. The number of ether oxygens (including phenoxy) is 2.